The van der Waals surface area contributed by atoms with E-state index in [0.29, 0.717) is 0 Å². The first-order valence-electron chi connectivity index (χ1n) is 8.36. The second kappa shape index (κ2) is 6.92. The van der Waals surface area contributed by atoms with E-state index in [1.54, 1.807) is 7.11 Å². The summed E-state index contributed by atoms with van der Waals surface area (Å²) < 4.78 is 5.55. The minimum Gasteiger partial charge on any atom is -0.496 e. The molecule has 0 spiro atoms. The third-order valence-electron chi connectivity index (χ3n) is 4.59. The molecular weight excluding hydrogens is 292 g/mol. The summed E-state index contributed by atoms with van der Waals surface area (Å²) in [6.45, 7) is 6.33. The number of ether oxygens (including phenoxy) is 1. The highest BCUT2D eigenvalue weighted by molar-refractivity contribution is 5.48. The van der Waals surface area contributed by atoms with Gasteiger partial charge in [0.2, 0.25) is 0 Å². The molecule has 0 aliphatic heterocycles. The maximum Gasteiger partial charge on any atom is 0.122 e. The third-order valence-corrected chi connectivity index (χ3v) is 4.59. The molecule has 0 heterocycles. The van der Waals surface area contributed by atoms with E-state index in [9.17, 15) is 0 Å². The number of benzene rings is 3. The van der Waals surface area contributed by atoms with E-state index in [2.05, 4.69) is 87.5 Å². The van der Waals surface area contributed by atoms with Gasteiger partial charge >= 0.3 is 0 Å². The Kier molecular flexibility index (Phi) is 4.71. The largest absolute Gasteiger partial charge is 0.496 e. The van der Waals surface area contributed by atoms with E-state index in [4.69, 9.17) is 4.74 Å². The summed E-state index contributed by atoms with van der Waals surface area (Å²) in [6.07, 6.45) is 0. The van der Waals surface area contributed by atoms with Crippen molar-refractivity contribution in [1.29, 1.82) is 0 Å². The zero-order valence-corrected chi connectivity index (χ0v) is 14.8. The SMILES string of the molecule is COc1cc(C(c2ccc(C)cc2)c2ccc(C)cc2)ccc1C. The first kappa shape index (κ1) is 16.3. The molecule has 0 bridgehead atoms. The van der Waals surface area contributed by atoms with E-state index in [1.165, 1.54) is 27.8 Å². The molecule has 0 radical (unpaired) electrons. The lowest BCUT2D eigenvalue weighted by atomic mass is 9.84. The zero-order chi connectivity index (χ0) is 17.1. The Bertz CT molecular complexity index is 768. The summed E-state index contributed by atoms with van der Waals surface area (Å²) in [5, 5.41) is 0. The second-order valence-corrected chi connectivity index (χ2v) is 6.48. The highest BCUT2D eigenvalue weighted by Gasteiger charge is 2.18. The summed E-state index contributed by atoms with van der Waals surface area (Å²) in [6, 6.07) is 24.2. The first-order valence-corrected chi connectivity index (χ1v) is 8.36. The van der Waals surface area contributed by atoms with Crippen molar-refractivity contribution in [3.05, 3.63) is 100 Å². The van der Waals surface area contributed by atoms with Gasteiger partial charge in [0, 0.05) is 5.92 Å². The van der Waals surface area contributed by atoms with E-state index < -0.39 is 0 Å². The van der Waals surface area contributed by atoms with Crippen LogP contribution < -0.4 is 4.74 Å². The average molecular weight is 316 g/mol. The van der Waals surface area contributed by atoms with Crippen LogP contribution in [0.4, 0.5) is 0 Å². The molecule has 1 nitrogen and oxygen atoms in total. The molecule has 0 amide bonds. The van der Waals surface area contributed by atoms with E-state index in [0.717, 1.165) is 11.3 Å². The Hall–Kier alpha value is -2.54. The van der Waals surface area contributed by atoms with Crippen molar-refractivity contribution in [2.24, 2.45) is 0 Å². The van der Waals surface area contributed by atoms with Crippen molar-refractivity contribution in [1.82, 2.24) is 0 Å². The van der Waals surface area contributed by atoms with Gasteiger partial charge in [-0.25, -0.2) is 0 Å². The molecule has 24 heavy (non-hydrogen) atoms. The summed E-state index contributed by atoms with van der Waals surface area (Å²) in [5.74, 6) is 1.15. The molecule has 122 valence electrons. The van der Waals surface area contributed by atoms with Crippen LogP contribution in [0, 0.1) is 20.8 Å². The molecule has 0 fully saturated rings. The molecule has 0 aliphatic carbocycles. The lowest BCUT2D eigenvalue weighted by molar-refractivity contribution is 0.411. The summed E-state index contributed by atoms with van der Waals surface area (Å²) in [7, 11) is 1.73. The van der Waals surface area contributed by atoms with Crippen LogP contribution in [0.3, 0.4) is 0 Å². The molecule has 0 aromatic heterocycles. The van der Waals surface area contributed by atoms with Gasteiger partial charge in [-0.2, -0.15) is 0 Å². The average Bonchev–Trinajstić information content (AvgIpc) is 2.60. The maximum atomic E-state index is 5.55. The fourth-order valence-corrected chi connectivity index (χ4v) is 3.11. The van der Waals surface area contributed by atoms with Crippen LogP contribution in [0.15, 0.2) is 66.7 Å². The summed E-state index contributed by atoms with van der Waals surface area (Å²) in [5.41, 5.74) is 7.58. The molecule has 0 N–H and O–H groups in total. The van der Waals surface area contributed by atoms with Gasteiger partial charge in [-0.05, 0) is 49.1 Å². The van der Waals surface area contributed by atoms with Crippen molar-refractivity contribution >= 4 is 0 Å². The van der Waals surface area contributed by atoms with Crippen LogP contribution >= 0.6 is 0 Å². The topological polar surface area (TPSA) is 9.23 Å². The maximum absolute atomic E-state index is 5.55. The Morgan fingerprint density at radius 1 is 0.625 bits per heavy atom. The number of methoxy groups -OCH3 is 1. The predicted molar refractivity (Wildman–Crippen MR) is 101 cm³/mol. The smallest absolute Gasteiger partial charge is 0.122 e. The van der Waals surface area contributed by atoms with Gasteiger partial charge in [-0.15, -0.1) is 0 Å². The van der Waals surface area contributed by atoms with Gasteiger partial charge < -0.3 is 4.74 Å². The quantitative estimate of drug-likeness (QED) is 0.553. The van der Waals surface area contributed by atoms with Gasteiger partial charge in [0.25, 0.3) is 0 Å². The minimum absolute atomic E-state index is 0.209. The molecule has 3 aromatic carbocycles. The van der Waals surface area contributed by atoms with E-state index >= 15 is 0 Å². The summed E-state index contributed by atoms with van der Waals surface area (Å²) >= 11 is 0. The number of hydrogen-bond acceptors (Lipinski definition) is 1. The van der Waals surface area contributed by atoms with Crippen LogP contribution in [0.1, 0.15) is 39.3 Å². The van der Waals surface area contributed by atoms with Crippen molar-refractivity contribution in [3.8, 4) is 5.75 Å². The fraction of sp³-hybridized carbons (Fsp3) is 0.217. The van der Waals surface area contributed by atoms with Crippen LogP contribution in [-0.2, 0) is 0 Å². The van der Waals surface area contributed by atoms with Gasteiger partial charge in [-0.3, -0.25) is 0 Å². The van der Waals surface area contributed by atoms with Gasteiger partial charge in [0.15, 0.2) is 0 Å². The van der Waals surface area contributed by atoms with Gasteiger partial charge in [0.1, 0.15) is 5.75 Å². The van der Waals surface area contributed by atoms with Crippen molar-refractivity contribution in [2.75, 3.05) is 7.11 Å². The van der Waals surface area contributed by atoms with Crippen LogP contribution in [-0.4, -0.2) is 7.11 Å². The molecule has 0 saturated carbocycles. The monoisotopic (exact) mass is 316 g/mol. The molecule has 1 heteroatoms. The second-order valence-electron chi connectivity index (χ2n) is 6.48. The zero-order valence-electron chi connectivity index (χ0n) is 14.8. The van der Waals surface area contributed by atoms with Crippen LogP contribution in [0.5, 0.6) is 5.75 Å². The first-order chi connectivity index (χ1) is 11.6. The Labute approximate surface area is 144 Å². The highest BCUT2D eigenvalue weighted by Crippen LogP contribution is 2.34. The fourth-order valence-electron chi connectivity index (χ4n) is 3.11. The number of hydrogen-bond donors (Lipinski definition) is 0. The van der Waals surface area contributed by atoms with Crippen LogP contribution in [0.25, 0.3) is 0 Å². The van der Waals surface area contributed by atoms with Gasteiger partial charge in [0.05, 0.1) is 7.11 Å². The van der Waals surface area contributed by atoms with Gasteiger partial charge in [-0.1, -0.05) is 71.8 Å². The number of aryl methyl sites for hydroxylation is 3. The van der Waals surface area contributed by atoms with E-state index in [1.807, 2.05) is 0 Å². The Balaban J connectivity index is 2.14. The third kappa shape index (κ3) is 3.35. The molecule has 3 rings (SSSR count). The Morgan fingerprint density at radius 3 is 1.54 bits per heavy atom. The predicted octanol–water partition coefficient (Wildman–Crippen LogP) is 5.80. The molecule has 0 unspecified atom stereocenters. The normalized spacial score (nSPS) is 10.9. The summed E-state index contributed by atoms with van der Waals surface area (Å²) in [4.78, 5) is 0. The lowest BCUT2D eigenvalue weighted by Gasteiger charge is -2.20. The number of rotatable bonds is 4. The highest BCUT2D eigenvalue weighted by atomic mass is 16.5. The van der Waals surface area contributed by atoms with Crippen molar-refractivity contribution in [3.63, 3.8) is 0 Å². The molecular formula is C23H24O. The van der Waals surface area contributed by atoms with Crippen molar-refractivity contribution < 1.29 is 4.74 Å². The molecule has 3 aromatic rings. The lowest BCUT2D eigenvalue weighted by Crippen LogP contribution is -2.04. The molecule has 0 aliphatic rings. The molecule has 0 atom stereocenters. The minimum atomic E-state index is 0.209. The van der Waals surface area contributed by atoms with Crippen LogP contribution in [0.2, 0.25) is 0 Å². The Morgan fingerprint density at radius 2 is 1.08 bits per heavy atom. The van der Waals surface area contributed by atoms with Crippen molar-refractivity contribution in [2.45, 2.75) is 26.7 Å². The standard InChI is InChI=1S/C23H24O/c1-16-5-10-19(11-6-16)23(20-12-7-17(2)8-13-20)21-14-9-18(3)22(15-21)24-4/h5-15,23H,1-4H3. The van der Waals surface area contributed by atoms with E-state index in [-0.39, 0.29) is 5.92 Å². The molecule has 0 saturated heterocycles.